The van der Waals surface area contributed by atoms with Crippen molar-refractivity contribution in [2.45, 2.75) is 12.5 Å². The number of nitrogens with zero attached hydrogens (tertiary/aromatic N) is 1. The summed E-state index contributed by atoms with van der Waals surface area (Å²) in [5.41, 5.74) is 4.99. The van der Waals surface area contributed by atoms with Crippen LogP contribution in [-0.4, -0.2) is 4.98 Å². The molecule has 0 aliphatic rings. The van der Waals surface area contributed by atoms with Crippen LogP contribution >= 0.6 is 34.2 Å². The highest BCUT2D eigenvalue weighted by Crippen LogP contribution is 2.24. The summed E-state index contributed by atoms with van der Waals surface area (Å²) >= 11 is 8.42. The Hall–Kier alpha value is -0.690. The van der Waals surface area contributed by atoms with Crippen LogP contribution in [0, 0.1) is 3.57 Å². The molecule has 1 atom stereocenters. The summed E-state index contributed by atoms with van der Waals surface area (Å²) in [5.74, 6) is 5.62. The number of nitrogens with one attached hydrogen (secondary N) is 1. The molecule has 0 spiro atoms. The third-order valence-electron chi connectivity index (χ3n) is 2.73. The normalized spacial score (nSPS) is 12.4. The Labute approximate surface area is 125 Å². The van der Waals surface area contributed by atoms with Crippen LogP contribution in [0.5, 0.6) is 0 Å². The van der Waals surface area contributed by atoms with Crippen molar-refractivity contribution in [3.63, 3.8) is 0 Å². The highest BCUT2D eigenvalue weighted by molar-refractivity contribution is 14.1. The fourth-order valence-corrected chi connectivity index (χ4v) is 2.39. The van der Waals surface area contributed by atoms with Gasteiger partial charge in [0.15, 0.2) is 0 Å². The second-order valence-electron chi connectivity index (χ2n) is 3.95. The average molecular weight is 374 g/mol. The number of pyridine rings is 1. The van der Waals surface area contributed by atoms with Gasteiger partial charge in [-0.05, 0) is 58.3 Å². The van der Waals surface area contributed by atoms with Crippen LogP contribution in [0.2, 0.25) is 5.02 Å². The summed E-state index contributed by atoms with van der Waals surface area (Å²) in [6.45, 7) is 0. The van der Waals surface area contributed by atoms with Gasteiger partial charge in [0.05, 0.1) is 11.1 Å². The number of nitrogens with two attached hydrogens (primary N) is 1. The average Bonchev–Trinajstić information content (AvgIpc) is 2.39. The quantitative estimate of drug-likeness (QED) is 0.492. The summed E-state index contributed by atoms with van der Waals surface area (Å²) in [7, 11) is 0. The summed E-state index contributed by atoms with van der Waals surface area (Å²) < 4.78 is 1.22. The van der Waals surface area contributed by atoms with Gasteiger partial charge in [-0.2, -0.15) is 0 Å². The molecule has 0 bridgehead atoms. The first-order chi connectivity index (χ1) is 8.70. The van der Waals surface area contributed by atoms with Gasteiger partial charge in [0.2, 0.25) is 0 Å². The maximum absolute atomic E-state index is 6.13. The number of hydrogen-bond donors (Lipinski definition) is 2. The lowest BCUT2D eigenvalue weighted by molar-refractivity contribution is 0.551. The molecule has 1 unspecified atom stereocenters. The molecule has 1 aromatic heterocycles. The van der Waals surface area contributed by atoms with E-state index in [0.29, 0.717) is 5.02 Å². The van der Waals surface area contributed by atoms with E-state index in [1.165, 1.54) is 9.13 Å². The van der Waals surface area contributed by atoms with E-state index in [1.807, 2.05) is 6.07 Å². The standard InChI is InChI=1S/C13H13ClIN3/c14-12-8-17-6-5-11(12)13(18-16)7-9-1-3-10(15)4-2-9/h1-6,8,13,18H,7,16H2. The lowest BCUT2D eigenvalue weighted by Gasteiger charge is -2.17. The highest BCUT2D eigenvalue weighted by atomic mass is 127. The van der Waals surface area contributed by atoms with Crippen LogP contribution in [0.25, 0.3) is 0 Å². The number of aromatic nitrogens is 1. The summed E-state index contributed by atoms with van der Waals surface area (Å²) in [4.78, 5) is 3.98. The molecule has 94 valence electrons. The van der Waals surface area contributed by atoms with E-state index in [-0.39, 0.29) is 6.04 Å². The van der Waals surface area contributed by atoms with Gasteiger partial charge in [-0.15, -0.1) is 0 Å². The molecule has 0 saturated heterocycles. The molecule has 0 aliphatic heterocycles. The minimum absolute atomic E-state index is 0.0134. The maximum atomic E-state index is 6.13. The van der Waals surface area contributed by atoms with Crippen molar-refractivity contribution >= 4 is 34.2 Å². The van der Waals surface area contributed by atoms with E-state index in [2.05, 4.69) is 57.3 Å². The molecule has 5 heteroatoms. The molecule has 3 nitrogen and oxygen atoms in total. The minimum atomic E-state index is -0.0134. The van der Waals surface area contributed by atoms with Gasteiger partial charge in [-0.3, -0.25) is 16.3 Å². The number of halogens is 2. The fraction of sp³-hybridized carbons (Fsp3) is 0.154. The third-order valence-corrected chi connectivity index (χ3v) is 3.77. The summed E-state index contributed by atoms with van der Waals surface area (Å²) in [5, 5.41) is 0.631. The minimum Gasteiger partial charge on any atom is -0.271 e. The fourth-order valence-electron chi connectivity index (χ4n) is 1.78. The molecule has 2 aromatic rings. The molecule has 0 aliphatic carbocycles. The smallest absolute Gasteiger partial charge is 0.0637 e. The molecule has 0 saturated carbocycles. The lowest BCUT2D eigenvalue weighted by atomic mass is 10.0. The van der Waals surface area contributed by atoms with E-state index in [1.54, 1.807) is 12.4 Å². The van der Waals surface area contributed by atoms with Gasteiger partial charge in [-0.1, -0.05) is 23.7 Å². The monoisotopic (exact) mass is 373 g/mol. The molecule has 2 rings (SSSR count). The van der Waals surface area contributed by atoms with Crippen LogP contribution in [0.3, 0.4) is 0 Å². The topological polar surface area (TPSA) is 50.9 Å². The van der Waals surface area contributed by atoms with E-state index in [9.17, 15) is 0 Å². The van der Waals surface area contributed by atoms with E-state index in [4.69, 9.17) is 17.4 Å². The number of benzene rings is 1. The predicted octanol–water partition coefficient (Wildman–Crippen LogP) is 3.09. The van der Waals surface area contributed by atoms with Crippen LogP contribution in [0.1, 0.15) is 17.2 Å². The van der Waals surface area contributed by atoms with Crippen LogP contribution in [-0.2, 0) is 6.42 Å². The second-order valence-corrected chi connectivity index (χ2v) is 5.60. The van der Waals surface area contributed by atoms with Gasteiger partial charge < -0.3 is 0 Å². The maximum Gasteiger partial charge on any atom is 0.0637 e. The van der Waals surface area contributed by atoms with Crippen LogP contribution in [0.15, 0.2) is 42.7 Å². The molecule has 18 heavy (non-hydrogen) atoms. The van der Waals surface area contributed by atoms with Crippen LogP contribution in [0.4, 0.5) is 0 Å². The lowest BCUT2D eigenvalue weighted by Crippen LogP contribution is -2.29. The van der Waals surface area contributed by atoms with Crippen LogP contribution < -0.4 is 11.3 Å². The van der Waals surface area contributed by atoms with Crippen molar-refractivity contribution < 1.29 is 0 Å². The summed E-state index contributed by atoms with van der Waals surface area (Å²) in [6, 6.07) is 10.2. The molecule has 1 aromatic carbocycles. The Morgan fingerprint density at radius 3 is 2.61 bits per heavy atom. The van der Waals surface area contributed by atoms with Crippen molar-refractivity contribution in [1.29, 1.82) is 0 Å². The van der Waals surface area contributed by atoms with Gasteiger partial charge in [0.1, 0.15) is 0 Å². The molecule has 0 radical (unpaired) electrons. The van der Waals surface area contributed by atoms with E-state index in [0.717, 1.165) is 12.0 Å². The first-order valence-electron chi connectivity index (χ1n) is 5.50. The van der Waals surface area contributed by atoms with Gasteiger partial charge in [-0.25, -0.2) is 0 Å². The zero-order chi connectivity index (χ0) is 13.0. The van der Waals surface area contributed by atoms with Gasteiger partial charge in [0.25, 0.3) is 0 Å². The number of hydrazine groups is 1. The largest absolute Gasteiger partial charge is 0.271 e. The van der Waals surface area contributed by atoms with E-state index < -0.39 is 0 Å². The molecular formula is C13H13ClIN3. The Kier molecular flexibility index (Phi) is 4.94. The molecule has 0 amide bonds. The highest BCUT2D eigenvalue weighted by Gasteiger charge is 2.13. The van der Waals surface area contributed by atoms with Gasteiger partial charge >= 0.3 is 0 Å². The SMILES string of the molecule is NNC(Cc1ccc(I)cc1)c1ccncc1Cl. The molecule has 3 N–H and O–H groups in total. The zero-order valence-corrected chi connectivity index (χ0v) is 12.5. The predicted molar refractivity (Wildman–Crippen MR) is 82.2 cm³/mol. The first-order valence-corrected chi connectivity index (χ1v) is 6.96. The first kappa shape index (κ1) is 13.7. The Balaban J connectivity index is 2.20. The van der Waals surface area contributed by atoms with Crippen molar-refractivity contribution in [3.8, 4) is 0 Å². The zero-order valence-electron chi connectivity index (χ0n) is 9.61. The van der Waals surface area contributed by atoms with Crippen molar-refractivity contribution in [2.24, 2.45) is 5.84 Å². The second kappa shape index (κ2) is 6.47. The van der Waals surface area contributed by atoms with Crippen molar-refractivity contribution in [3.05, 3.63) is 62.4 Å². The van der Waals surface area contributed by atoms with E-state index >= 15 is 0 Å². The summed E-state index contributed by atoms with van der Waals surface area (Å²) in [6.07, 6.45) is 4.14. The molecule has 1 heterocycles. The Morgan fingerprint density at radius 2 is 2.00 bits per heavy atom. The molecular weight excluding hydrogens is 361 g/mol. The molecule has 0 fully saturated rings. The number of rotatable bonds is 4. The van der Waals surface area contributed by atoms with Crippen molar-refractivity contribution in [1.82, 2.24) is 10.4 Å². The Morgan fingerprint density at radius 1 is 1.28 bits per heavy atom. The van der Waals surface area contributed by atoms with Gasteiger partial charge in [0, 0.05) is 16.0 Å². The third kappa shape index (κ3) is 3.41. The number of hydrogen-bond acceptors (Lipinski definition) is 3. The Bertz CT molecular complexity index is 516. The van der Waals surface area contributed by atoms with Crippen molar-refractivity contribution in [2.75, 3.05) is 0 Å².